The normalized spacial score (nSPS) is 17.5. The van der Waals surface area contributed by atoms with Crippen LogP contribution in [-0.4, -0.2) is 68.5 Å². The Kier molecular flexibility index (Phi) is 58.6. The van der Waals surface area contributed by atoms with Gasteiger partial charge in [0.1, 0.15) is 0 Å². The molecule has 0 aromatic rings. The molecule has 322 valence electrons. The van der Waals surface area contributed by atoms with Crippen LogP contribution in [0.3, 0.4) is 0 Å². The topological polar surface area (TPSA) is 117 Å². The second kappa shape index (κ2) is 47.3. The van der Waals surface area contributed by atoms with E-state index in [2.05, 4.69) is 138 Å². The third-order valence-corrected chi connectivity index (χ3v) is 12.4. The first-order valence-corrected chi connectivity index (χ1v) is 22.7. The van der Waals surface area contributed by atoms with Crippen LogP contribution >= 0.6 is 25.8 Å². The molecule has 0 amide bonds. The molecule has 0 bridgehead atoms. The van der Waals surface area contributed by atoms with Crippen LogP contribution in [0.5, 0.6) is 0 Å². The van der Waals surface area contributed by atoms with Crippen molar-refractivity contribution in [3.8, 4) is 0 Å². The number of carbonyl (C=O) groups excluding carboxylic acids is 2. The van der Waals surface area contributed by atoms with Crippen LogP contribution < -0.4 is 0 Å². The molecular weight excluding hydrogens is 826 g/mol. The van der Waals surface area contributed by atoms with E-state index in [4.69, 9.17) is 50.3 Å². The fraction of sp³-hybridized carbons (Fsp3) is 0.947. The van der Waals surface area contributed by atoms with E-state index in [-0.39, 0.29) is 74.4 Å². The molecule has 0 aliphatic heterocycles. The Labute approximate surface area is 345 Å². The van der Waals surface area contributed by atoms with Gasteiger partial charge < -0.3 is 40.7 Å². The molecule has 0 aromatic heterocycles. The van der Waals surface area contributed by atoms with Crippen molar-refractivity contribution in [2.75, 3.05) is 0 Å². The van der Waals surface area contributed by atoms with Crippen LogP contribution in [0.4, 0.5) is 0 Å². The Balaban J connectivity index is -0.000000148. The van der Waals surface area contributed by atoms with E-state index in [9.17, 15) is 0 Å². The summed E-state index contributed by atoms with van der Waals surface area (Å²) in [6.45, 7) is 46.4. The second-order valence-corrected chi connectivity index (χ2v) is 15.8. The summed E-state index contributed by atoms with van der Waals surface area (Å²) >= 11 is 0. The second-order valence-electron chi connectivity index (χ2n) is 12.6. The van der Waals surface area contributed by atoms with Crippen molar-refractivity contribution in [3.63, 3.8) is 0 Å². The van der Waals surface area contributed by atoms with Crippen LogP contribution in [0.25, 0.3) is 0 Å². The van der Waals surface area contributed by atoms with Crippen molar-refractivity contribution in [3.05, 3.63) is 0 Å². The molecule has 0 fully saturated rings. The smallest absolute Gasteiger partial charge is 0.309 e. The van der Waals surface area contributed by atoms with Crippen molar-refractivity contribution in [1.29, 1.82) is 0 Å². The predicted octanol–water partition coefficient (Wildman–Crippen LogP) is 13.2. The molecular formula is C38H81O11P3Ru. The minimum atomic E-state index is -1.20. The van der Waals surface area contributed by atoms with Crippen LogP contribution in [0.2, 0.25) is 0 Å². The van der Waals surface area contributed by atoms with E-state index >= 15 is 0 Å². The molecule has 0 saturated carbocycles. The molecule has 11 nitrogen and oxygen atoms in total. The van der Waals surface area contributed by atoms with E-state index in [1.807, 2.05) is 0 Å². The SMILES string of the molecule is CCC(C)OP(OC(C)CC)OC(C)CC.CCC(C)OP(OC(C)CC)OC(C)CC.CCC(C)OP(OC(C)CC)OC(C)CC.[C]=O.[C]=O.[Ru]. The molecule has 4 radical (unpaired) electrons. The van der Waals surface area contributed by atoms with Crippen LogP contribution in [0.15, 0.2) is 0 Å². The number of hydrogen-bond acceptors (Lipinski definition) is 11. The van der Waals surface area contributed by atoms with Crippen molar-refractivity contribution in [2.45, 2.75) is 237 Å². The molecule has 0 heterocycles. The van der Waals surface area contributed by atoms with Crippen molar-refractivity contribution in [2.24, 2.45) is 0 Å². The summed E-state index contributed by atoms with van der Waals surface area (Å²) < 4.78 is 51.9. The Hall–Kier alpha value is 0.893. The van der Waals surface area contributed by atoms with Gasteiger partial charge in [0.05, 0.1) is 54.9 Å². The van der Waals surface area contributed by atoms with E-state index in [0.717, 1.165) is 57.8 Å². The maximum Gasteiger partial charge on any atom is 0.333 e. The Bertz CT molecular complexity index is 539. The summed E-state index contributed by atoms with van der Waals surface area (Å²) in [5, 5.41) is 0. The van der Waals surface area contributed by atoms with Gasteiger partial charge in [-0.25, -0.2) is 0 Å². The summed E-state index contributed by atoms with van der Waals surface area (Å²) in [7, 11) is -3.59. The molecule has 53 heavy (non-hydrogen) atoms. The summed E-state index contributed by atoms with van der Waals surface area (Å²) in [4.78, 5) is 15.0. The summed E-state index contributed by atoms with van der Waals surface area (Å²) in [6, 6.07) is 0. The zero-order valence-electron chi connectivity index (χ0n) is 36.7. The van der Waals surface area contributed by atoms with E-state index in [1.54, 1.807) is 0 Å². The zero-order valence-corrected chi connectivity index (χ0v) is 41.2. The third kappa shape index (κ3) is 45.5. The van der Waals surface area contributed by atoms with Gasteiger partial charge in [0.2, 0.25) is 0 Å². The fourth-order valence-corrected chi connectivity index (χ4v) is 6.65. The van der Waals surface area contributed by atoms with Gasteiger partial charge in [0, 0.05) is 19.5 Å². The number of rotatable bonds is 27. The van der Waals surface area contributed by atoms with Gasteiger partial charge in [-0.1, -0.05) is 62.3 Å². The van der Waals surface area contributed by atoms with Crippen LogP contribution in [-0.2, 0) is 69.8 Å². The van der Waals surface area contributed by atoms with E-state index in [1.165, 1.54) is 0 Å². The Morgan fingerprint density at radius 2 is 0.358 bits per heavy atom. The first-order chi connectivity index (χ1) is 24.6. The van der Waals surface area contributed by atoms with Gasteiger partial charge in [-0.15, -0.1) is 0 Å². The van der Waals surface area contributed by atoms with Crippen molar-refractivity contribution < 1.29 is 69.8 Å². The molecule has 0 saturated heterocycles. The first kappa shape index (κ1) is 65.7. The molecule has 0 spiro atoms. The standard InChI is InChI=1S/3C12H27O3P.2CO.Ru/c3*1-7-10(4)13-16(14-11(5)8-2)15-12(6)9-3;2*1-2;/h3*10-12H,7-9H2,1-6H3;;;. The minimum Gasteiger partial charge on any atom is -0.309 e. The molecule has 0 rings (SSSR count). The summed E-state index contributed by atoms with van der Waals surface area (Å²) in [5.41, 5.74) is 0. The maximum absolute atomic E-state index is 7.50. The minimum absolute atomic E-state index is 0. The Morgan fingerprint density at radius 1 is 0.283 bits per heavy atom. The molecule has 0 aliphatic rings. The number of hydrogen-bond donors (Lipinski definition) is 0. The van der Waals surface area contributed by atoms with Crippen molar-refractivity contribution in [1.82, 2.24) is 0 Å². The quantitative estimate of drug-likeness (QED) is 0.0579. The monoisotopic (exact) mass is 908 g/mol. The first-order valence-electron chi connectivity index (χ1n) is 19.4. The van der Waals surface area contributed by atoms with Gasteiger partial charge in [-0.05, 0) is 120 Å². The molecule has 0 N–H and O–H groups in total. The average molecular weight is 908 g/mol. The molecule has 0 aromatic carbocycles. The molecule has 0 aliphatic carbocycles. The van der Waals surface area contributed by atoms with Gasteiger partial charge in [-0.2, -0.15) is 0 Å². The summed E-state index contributed by atoms with van der Waals surface area (Å²) in [5.74, 6) is 0. The fourth-order valence-electron chi connectivity index (χ4n) is 2.22. The maximum atomic E-state index is 7.50. The summed E-state index contributed by atoms with van der Waals surface area (Å²) in [6.07, 6.45) is 10.6. The third-order valence-electron chi connectivity index (χ3n) is 7.57. The largest absolute Gasteiger partial charge is 0.333 e. The van der Waals surface area contributed by atoms with E-state index in [0.29, 0.717) is 0 Å². The molecule has 9 unspecified atom stereocenters. The zero-order chi connectivity index (χ0) is 41.7. The van der Waals surface area contributed by atoms with E-state index < -0.39 is 25.8 Å². The van der Waals surface area contributed by atoms with Crippen LogP contribution in [0, 0.1) is 0 Å². The molecule has 15 heteroatoms. The van der Waals surface area contributed by atoms with Gasteiger partial charge in [0.15, 0.2) is 0 Å². The molecule has 9 atom stereocenters. The predicted molar refractivity (Wildman–Crippen MR) is 220 cm³/mol. The Morgan fingerprint density at radius 3 is 0.415 bits per heavy atom. The van der Waals surface area contributed by atoms with Gasteiger partial charge in [0.25, 0.3) is 13.6 Å². The van der Waals surface area contributed by atoms with Crippen LogP contribution in [0.1, 0.15) is 182 Å². The van der Waals surface area contributed by atoms with Crippen molar-refractivity contribution >= 4 is 39.4 Å². The average Bonchev–Trinajstić information content (AvgIpc) is 3.15. The van der Waals surface area contributed by atoms with Gasteiger partial charge in [-0.3, -0.25) is 9.59 Å². The van der Waals surface area contributed by atoms with Gasteiger partial charge >= 0.3 is 25.8 Å².